The fourth-order valence-electron chi connectivity index (χ4n) is 2.48. The largest absolute Gasteiger partial charge is 0.494 e. The second-order valence-corrected chi connectivity index (χ2v) is 5.86. The number of fused-ring (bicyclic) bond motifs is 1. The molecular formula is C19H20N2O4. The number of benzene rings is 2. The molecule has 2 aromatic carbocycles. The summed E-state index contributed by atoms with van der Waals surface area (Å²) in [6.07, 6.45) is 1.68. The molecule has 0 unspecified atom stereocenters. The van der Waals surface area contributed by atoms with Crippen LogP contribution >= 0.6 is 0 Å². The van der Waals surface area contributed by atoms with Gasteiger partial charge in [0.2, 0.25) is 11.8 Å². The van der Waals surface area contributed by atoms with E-state index >= 15 is 0 Å². The Hall–Kier alpha value is -2.86. The molecule has 3 rings (SSSR count). The zero-order chi connectivity index (χ0) is 17.6. The number of hydroxylamine groups is 1. The number of carbonyl (C=O) groups excluding carboxylic acids is 1. The Morgan fingerprint density at radius 1 is 1.20 bits per heavy atom. The van der Waals surface area contributed by atoms with Gasteiger partial charge in [0.1, 0.15) is 11.3 Å². The molecule has 0 aliphatic heterocycles. The Kier molecular flexibility index (Phi) is 5.30. The van der Waals surface area contributed by atoms with Crippen molar-refractivity contribution in [1.82, 2.24) is 10.5 Å². The number of carbonyl (C=O) groups is 1. The van der Waals surface area contributed by atoms with E-state index in [0.29, 0.717) is 18.9 Å². The van der Waals surface area contributed by atoms with Crippen molar-refractivity contribution >= 4 is 17.0 Å². The standard InChI is InChI=1S/C19H20N2O4/c1-13-5-10-16-17(12-13)25-19(20-16)14-6-8-15(9-7-14)24-11-3-2-4-18(22)21-23/h5-10,12,23H,2-4,11H2,1H3,(H,21,22). The van der Waals surface area contributed by atoms with Crippen LogP contribution in [-0.2, 0) is 4.79 Å². The zero-order valence-electron chi connectivity index (χ0n) is 14.0. The van der Waals surface area contributed by atoms with Crippen molar-refractivity contribution in [2.75, 3.05) is 6.61 Å². The minimum Gasteiger partial charge on any atom is -0.494 e. The van der Waals surface area contributed by atoms with Gasteiger partial charge in [-0.05, 0) is 61.7 Å². The van der Waals surface area contributed by atoms with Crippen LogP contribution < -0.4 is 10.2 Å². The molecule has 0 saturated carbocycles. The molecule has 6 heteroatoms. The summed E-state index contributed by atoms with van der Waals surface area (Å²) < 4.78 is 11.5. The van der Waals surface area contributed by atoms with E-state index in [1.807, 2.05) is 49.4 Å². The molecule has 3 aromatic rings. The maximum atomic E-state index is 10.9. The quantitative estimate of drug-likeness (QED) is 0.388. The molecule has 6 nitrogen and oxygen atoms in total. The molecule has 130 valence electrons. The molecule has 1 amide bonds. The average molecular weight is 340 g/mol. The number of nitrogens with one attached hydrogen (secondary N) is 1. The smallest absolute Gasteiger partial charge is 0.243 e. The Morgan fingerprint density at radius 3 is 2.76 bits per heavy atom. The normalized spacial score (nSPS) is 10.8. The lowest BCUT2D eigenvalue weighted by atomic mass is 10.2. The van der Waals surface area contributed by atoms with Crippen molar-refractivity contribution in [2.24, 2.45) is 0 Å². The molecule has 0 spiro atoms. The fraction of sp³-hybridized carbons (Fsp3) is 0.263. The van der Waals surface area contributed by atoms with Crippen LogP contribution in [0.2, 0.25) is 0 Å². The van der Waals surface area contributed by atoms with Gasteiger partial charge in [0.25, 0.3) is 0 Å². The number of nitrogens with zero attached hydrogens (tertiary/aromatic N) is 1. The molecule has 0 radical (unpaired) electrons. The van der Waals surface area contributed by atoms with E-state index in [1.54, 1.807) is 5.48 Å². The van der Waals surface area contributed by atoms with Crippen molar-refractivity contribution in [3.05, 3.63) is 48.0 Å². The van der Waals surface area contributed by atoms with Crippen LogP contribution in [0.4, 0.5) is 0 Å². The summed E-state index contributed by atoms with van der Waals surface area (Å²) in [5.74, 6) is 0.961. The number of hydrogen-bond donors (Lipinski definition) is 2. The number of oxazole rings is 1. The summed E-state index contributed by atoms with van der Waals surface area (Å²) in [7, 11) is 0. The van der Waals surface area contributed by atoms with Gasteiger partial charge in [-0.25, -0.2) is 10.5 Å². The van der Waals surface area contributed by atoms with Gasteiger partial charge >= 0.3 is 0 Å². The van der Waals surface area contributed by atoms with Gasteiger partial charge in [0.05, 0.1) is 6.61 Å². The van der Waals surface area contributed by atoms with Crippen LogP contribution in [0.25, 0.3) is 22.6 Å². The minimum absolute atomic E-state index is 0.288. The average Bonchev–Trinajstić information content (AvgIpc) is 3.04. The van der Waals surface area contributed by atoms with Crippen LogP contribution in [0.3, 0.4) is 0 Å². The third-order valence-corrected chi connectivity index (χ3v) is 3.84. The van der Waals surface area contributed by atoms with E-state index < -0.39 is 0 Å². The van der Waals surface area contributed by atoms with Gasteiger partial charge in [0, 0.05) is 12.0 Å². The summed E-state index contributed by atoms with van der Waals surface area (Å²) >= 11 is 0. The highest BCUT2D eigenvalue weighted by Crippen LogP contribution is 2.26. The Morgan fingerprint density at radius 2 is 2.00 bits per heavy atom. The summed E-state index contributed by atoms with van der Waals surface area (Å²) in [5.41, 5.74) is 5.26. The Balaban J connectivity index is 1.57. The lowest BCUT2D eigenvalue weighted by molar-refractivity contribution is -0.129. The summed E-state index contributed by atoms with van der Waals surface area (Å²) in [4.78, 5) is 15.4. The third-order valence-electron chi connectivity index (χ3n) is 3.84. The molecule has 0 bridgehead atoms. The van der Waals surface area contributed by atoms with Gasteiger partial charge < -0.3 is 9.15 Å². The number of amides is 1. The van der Waals surface area contributed by atoms with Crippen molar-refractivity contribution in [3.63, 3.8) is 0 Å². The van der Waals surface area contributed by atoms with Crippen LogP contribution in [0.15, 0.2) is 46.9 Å². The molecule has 1 heterocycles. The summed E-state index contributed by atoms with van der Waals surface area (Å²) in [5, 5.41) is 8.41. The molecule has 25 heavy (non-hydrogen) atoms. The summed E-state index contributed by atoms with van der Waals surface area (Å²) in [6.45, 7) is 2.53. The van der Waals surface area contributed by atoms with Crippen molar-refractivity contribution in [2.45, 2.75) is 26.2 Å². The van der Waals surface area contributed by atoms with Crippen LogP contribution in [0, 0.1) is 6.92 Å². The van der Waals surface area contributed by atoms with Crippen molar-refractivity contribution < 1.29 is 19.2 Å². The first-order valence-corrected chi connectivity index (χ1v) is 8.19. The molecule has 1 aromatic heterocycles. The Bertz CT molecular complexity index is 855. The van der Waals surface area contributed by atoms with E-state index in [1.165, 1.54) is 0 Å². The topological polar surface area (TPSA) is 84.6 Å². The lowest BCUT2D eigenvalue weighted by Gasteiger charge is -2.06. The first-order valence-electron chi connectivity index (χ1n) is 8.19. The molecule has 0 fully saturated rings. The highest BCUT2D eigenvalue weighted by Gasteiger charge is 2.08. The van der Waals surface area contributed by atoms with Gasteiger partial charge in [-0.3, -0.25) is 10.0 Å². The molecular weight excluding hydrogens is 320 g/mol. The van der Waals surface area contributed by atoms with Crippen LogP contribution in [0.1, 0.15) is 24.8 Å². The molecule has 0 aliphatic rings. The second-order valence-electron chi connectivity index (χ2n) is 5.86. The molecule has 0 saturated heterocycles. The number of unbranched alkanes of at least 4 members (excludes halogenated alkanes) is 1. The van der Waals surface area contributed by atoms with Crippen molar-refractivity contribution in [3.8, 4) is 17.2 Å². The summed E-state index contributed by atoms with van der Waals surface area (Å²) in [6, 6.07) is 13.5. The van der Waals surface area contributed by atoms with E-state index in [0.717, 1.165) is 34.4 Å². The highest BCUT2D eigenvalue weighted by molar-refractivity contribution is 5.77. The number of rotatable bonds is 7. The predicted molar refractivity (Wildman–Crippen MR) is 93.5 cm³/mol. The van der Waals surface area contributed by atoms with Gasteiger partial charge in [-0.2, -0.15) is 0 Å². The molecule has 0 atom stereocenters. The monoisotopic (exact) mass is 340 g/mol. The van der Waals surface area contributed by atoms with Crippen LogP contribution in [-0.4, -0.2) is 22.7 Å². The second kappa shape index (κ2) is 7.81. The van der Waals surface area contributed by atoms with E-state index in [9.17, 15) is 4.79 Å². The van der Waals surface area contributed by atoms with Gasteiger partial charge in [-0.1, -0.05) is 6.07 Å². The highest BCUT2D eigenvalue weighted by atomic mass is 16.5. The van der Waals surface area contributed by atoms with E-state index in [2.05, 4.69) is 4.98 Å². The fourth-order valence-corrected chi connectivity index (χ4v) is 2.48. The zero-order valence-corrected chi connectivity index (χ0v) is 14.0. The molecule has 2 N–H and O–H groups in total. The van der Waals surface area contributed by atoms with Crippen LogP contribution in [0.5, 0.6) is 5.75 Å². The van der Waals surface area contributed by atoms with E-state index in [-0.39, 0.29) is 12.3 Å². The first-order chi connectivity index (χ1) is 12.2. The van der Waals surface area contributed by atoms with Gasteiger partial charge in [0.15, 0.2) is 5.58 Å². The van der Waals surface area contributed by atoms with E-state index in [4.69, 9.17) is 14.4 Å². The lowest BCUT2D eigenvalue weighted by Crippen LogP contribution is -2.18. The predicted octanol–water partition coefficient (Wildman–Crippen LogP) is 3.86. The first kappa shape index (κ1) is 17.0. The maximum Gasteiger partial charge on any atom is 0.243 e. The number of hydrogen-bond acceptors (Lipinski definition) is 5. The SMILES string of the molecule is Cc1ccc2nc(-c3ccc(OCCCCC(=O)NO)cc3)oc2c1. The number of aromatic nitrogens is 1. The Labute approximate surface area is 145 Å². The maximum absolute atomic E-state index is 10.9. The van der Waals surface area contributed by atoms with Gasteiger partial charge in [-0.15, -0.1) is 0 Å². The third kappa shape index (κ3) is 4.36. The van der Waals surface area contributed by atoms with Crippen molar-refractivity contribution in [1.29, 1.82) is 0 Å². The minimum atomic E-state index is -0.377. The number of ether oxygens (including phenoxy) is 1. The number of aryl methyl sites for hydroxylation is 1. The molecule has 0 aliphatic carbocycles.